The van der Waals surface area contributed by atoms with Crippen molar-refractivity contribution in [2.45, 2.75) is 62.1 Å². The molecule has 1 saturated carbocycles. The van der Waals surface area contributed by atoms with Crippen molar-refractivity contribution in [1.82, 2.24) is 10.2 Å². The van der Waals surface area contributed by atoms with Gasteiger partial charge in [-0.3, -0.25) is 9.69 Å². The SMILES string of the molecule is Cc1c(O)cccc1C(=O)N[C@H](CSc1ccccc1)[C@H](O)CN1C[C@H]2CCCC[C@H]2C[C@H]1C=O. The maximum atomic E-state index is 13.1. The van der Waals surface area contributed by atoms with E-state index in [0.29, 0.717) is 35.3 Å². The molecule has 1 heterocycles. The number of hydrogen-bond donors (Lipinski definition) is 3. The Kier molecular flexibility index (Phi) is 8.87. The minimum absolute atomic E-state index is 0.0672. The van der Waals surface area contributed by atoms with E-state index in [2.05, 4.69) is 10.2 Å². The van der Waals surface area contributed by atoms with Gasteiger partial charge in [0, 0.05) is 34.9 Å². The molecule has 1 aliphatic heterocycles. The van der Waals surface area contributed by atoms with Crippen molar-refractivity contribution in [3.8, 4) is 5.75 Å². The number of aldehydes is 1. The van der Waals surface area contributed by atoms with Gasteiger partial charge in [-0.25, -0.2) is 0 Å². The molecule has 188 valence electrons. The summed E-state index contributed by atoms with van der Waals surface area (Å²) in [6.07, 6.45) is 5.91. The zero-order valence-corrected chi connectivity index (χ0v) is 21.1. The second-order valence-corrected chi connectivity index (χ2v) is 11.0. The van der Waals surface area contributed by atoms with Gasteiger partial charge in [-0.2, -0.15) is 0 Å². The van der Waals surface area contributed by atoms with E-state index in [1.165, 1.54) is 25.7 Å². The number of nitrogens with one attached hydrogen (secondary N) is 1. The predicted molar refractivity (Wildman–Crippen MR) is 139 cm³/mol. The fourth-order valence-electron chi connectivity index (χ4n) is 5.52. The third-order valence-electron chi connectivity index (χ3n) is 7.63. The number of nitrogens with zero attached hydrogens (tertiary/aromatic N) is 1. The number of fused-ring (bicyclic) bond motifs is 1. The Morgan fingerprint density at radius 2 is 1.89 bits per heavy atom. The summed E-state index contributed by atoms with van der Waals surface area (Å²) in [6.45, 7) is 2.87. The molecule has 2 aromatic carbocycles. The third-order valence-corrected chi connectivity index (χ3v) is 8.76. The summed E-state index contributed by atoms with van der Waals surface area (Å²) < 4.78 is 0. The van der Waals surface area contributed by atoms with Gasteiger partial charge in [0.25, 0.3) is 5.91 Å². The van der Waals surface area contributed by atoms with E-state index in [0.717, 1.165) is 24.1 Å². The van der Waals surface area contributed by atoms with Crippen LogP contribution in [0.15, 0.2) is 53.4 Å². The number of carbonyl (C=O) groups excluding carboxylic acids is 2. The monoisotopic (exact) mass is 496 g/mol. The van der Waals surface area contributed by atoms with E-state index in [1.54, 1.807) is 36.9 Å². The second-order valence-electron chi connectivity index (χ2n) is 9.92. The summed E-state index contributed by atoms with van der Waals surface area (Å²) in [4.78, 5) is 28.2. The van der Waals surface area contributed by atoms with Gasteiger partial charge in [0.2, 0.25) is 0 Å². The zero-order chi connectivity index (χ0) is 24.8. The van der Waals surface area contributed by atoms with Crippen LogP contribution in [0.2, 0.25) is 0 Å². The van der Waals surface area contributed by atoms with Crippen molar-refractivity contribution >= 4 is 24.0 Å². The number of carbonyl (C=O) groups is 2. The molecular formula is C28H36N2O4S. The molecule has 1 amide bonds. The quantitative estimate of drug-likeness (QED) is 0.359. The number of amides is 1. The predicted octanol–water partition coefficient (Wildman–Crippen LogP) is 4.03. The highest BCUT2D eigenvalue weighted by Crippen LogP contribution is 2.38. The number of β-amino-alcohol motifs (C(OH)–C–C–N with tert-alkyl or cyclic N) is 1. The first kappa shape index (κ1) is 25.7. The molecule has 1 aliphatic carbocycles. The number of aliphatic hydroxyl groups excluding tert-OH is 1. The molecule has 0 spiro atoms. The molecule has 4 rings (SSSR count). The second kappa shape index (κ2) is 12.1. The highest BCUT2D eigenvalue weighted by atomic mass is 32.2. The molecule has 35 heavy (non-hydrogen) atoms. The topological polar surface area (TPSA) is 89.9 Å². The maximum Gasteiger partial charge on any atom is 0.252 e. The average molecular weight is 497 g/mol. The van der Waals surface area contributed by atoms with Gasteiger partial charge in [0.1, 0.15) is 12.0 Å². The molecular weight excluding hydrogens is 460 g/mol. The molecule has 1 saturated heterocycles. The van der Waals surface area contributed by atoms with Crippen molar-refractivity contribution in [2.75, 3.05) is 18.8 Å². The number of thioether (sulfide) groups is 1. The zero-order valence-electron chi connectivity index (χ0n) is 20.3. The van der Waals surface area contributed by atoms with Crippen LogP contribution in [0.5, 0.6) is 5.75 Å². The van der Waals surface area contributed by atoms with E-state index >= 15 is 0 Å². The third kappa shape index (κ3) is 6.46. The van der Waals surface area contributed by atoms with Crippen LogP contribution >= 0.6 is 11.8 Å². The molecule has 2 fully saturated rings. The Labute approximate surface area is 212 Å². The van der Waals surface area contributed by atoms with Crippen LogP contribution in [-0.2, 0) is 4.79 Å². The van der Waals surface area contributed by atoms with Gasteiger partial charge < -0.3 is 20.3 Å². The molecule has 0 bridgehead atoms. The smallest absolute Gasteiger partial charge is 0.252 e. The first-order valence-electron chi connectivity index (χ1n) is 12.6. The number of hydrogen-bond acceptors (Lipinski definition) is 6. The number of likely N-dealkylation sites (tertiary alicyclic amines) is 1. The molecule has 2 aromatic rings. The molecule has 3 N–H and O–H groups in total. The number of piperidine rings is 1. The van der Waals surface area contributed by atoms with Gasteiger partial charge in [-0.05, 0) is 55.9 Å². The lowest BCUT2D eigenvalue weighted by Gasteiger charge is -2.45. The van der Waals surface area contributed by atoms with Gasteiger partial charge in [0.05, 0.1) is 18.2 Å². The van der Waals surface area contributed by atoms with Crippen molar-refractivity contribution in [3.05, 3.63) is 59.7 Å². The highest BCUT2D eigenvalue weighted by Gasteiger charge is 2.38. The Bertz CT molecular complexity index is 1000. The number of aromatic hydroxyl groups is 1. The Morgan fingerprint density at radius 1 is 1.14 bits per heavy atom. The van der Waals surface area contributed by atoms with Gasteiger partial charge in [-0.15, -0.1) is 11.8 Å². The Hall–Kier alpha value is -2.35. The summed E-state index contributed by atoms with van der Waals surface area (Å²) >= 11 is 1.58. The molecule has 7 heteroatoms. The van der Waals surface area contributed by atoms with Crippen LogP contribution in [0.25, 0.3) is 0 Å². The minimum Gasteiger partial charge on any atom is -0.508 e. The van der Waals surface area contributed by atoms with E-state index < -0.39 is 12.1 Å². The lowest BCUT2D eigenvalue weighted by Crippen LogP contribution is -2.55. The number of rotatable bonds is 9. The highest BCUT2D eigenvalue weighted by molar-refractivity contribution is 7.99. The lowest BCUT2D eigenvalue weighted by molar-refractivity contribution is -0.116. The average Bonchev–Trinajstić information content (AvgIpc) is 2.88. The summed E-state index contributed by atoms with van der Waals surface area (Å²) in [6, 6.07) is 14.1. The first-order chi connectivity index (χ1) is 17.0. The number of aliphatic hydroxyl groups is 1. The van der Waals surface area contributed by atoms with Gasteiger partial charge >= 0.3 is 0 Å². The lowest BCUT2D eigenvalue weighted by atomic mass is 9.73. The summed E-state index contributed by atoms with van der Waals surface area (Å²) in [7, 11) is 0. The minimum atomic E-state index is -0.838. The van der Waals surface area contributed by atoms with Gasteiger partial charge in [-0.1, -0.05) is 43.5 Å². The fraction of sp³-hybridized carbons (Fsp3) is 0.500. The standard InChI is InChI=1S/C28H36N2O4S/c1-19-24(12-7-13-26(19)32)28(34)29-25(18-35-23-10-3-2-4-11-23)27(33)16-30-15-21-9-6-5-8-20(21)14-22(30)17-31/h2-4,7,10-13,17,20-22,25,27,32-33H,5-6,8-9,14-16,18H2,1H3,(H,29,34)/t20-,21+,22-,25+,27+/m0/s1. The molecule has 2 aliphatic rings. The van der Waals surface area contributed by atoms with Crippen LogP contribution in [-0.4, -0.2) is 64.3 Å². The number of phenols is 1. The number of phenolic OH excluding ortho intramolecular Hbond substituents is 1. The van der Waals surface area contributed by atoms with Crippen LogP contribution in [0, 0.1) is 18.8 Å². The van der Waals surface area contributed by atoms with E-state index in [4.69, 9.17) is 0 Å². The van der Waals surface area contributed by atoms with E-state index in [1.807, 2.05) is 30.3 Å². The summed E-state index contributed by atoms with van der Waals surface area (Å²) in [5, 5.41) is 24.4. The normalized spacial score (nSPS) is 24.2. The van der Waals surface area contributed by atoms with E-state index in [-0.39, 0.29) is 17.7 Å². The van der Waals surface area contributed by atoms with Gasteiger partial charge in [0.15, 0.2) is 0 Å². The Morgan fingerprint density at radius 3 is 2.63 bits per heavy atom. The first-order valence-corrected chi connectivity index (χ1v) is 13.6. The number of benzene rings is 2. The maximum absolute atomic E-state index is 13.1. The summed E-state index contributed by atoms with van der Waals surface area (Å²) in [5.41, 5.74) is 0.898. The van der Waals surface area contributed by atoms with Crippen molar-refractivity contribution in [3.63, 3.8) is 0 Å². The van der Waals surface area contributed by atoms with Crippen LogP contribution in [0.4, 0.5) is 0 Å². The van der Waals surface area contributed by atoms with E-state index in [9.17, 15) is 19.8 Å². The molecule has 0 aromatic heterocycles. The fourth-order valence-corrected chi connectivity index (χ4v) is 6.54. The summed E-state index contributed by atoms with van der Waals surface area (Å²) in [5.74, 6) is 1.41. The molecule has 6 nitrogen and oxygen atoms in total. The van der Waals surface area contributed by atoms with Crippen molar-refractivity contribution in [2.24, 2.45) is 11.8 Å². The molecule has 0 radical (unpaired) electrons. The van der Waals surface area contributed by atoms with Crippen molar-refractivity contribution in [1.29, 1.82) is 0 Å². The van der Waals surface area contributed by atoms with Crippen LogP contribution < -0.4 is 5.32 Å². The Balaban J connectivity index is 1.48. The molecule has 0 unspecified atom stereocenters. The molecule has 5 atom stereocenters. The van der Waals surface area contributed by atoms with Crippen molar-refractivity contribution < 1.29 is 19.8 Å². The van der Waals surface area contributed by atoms with Crippen LogP contribution in [0.1, 0.15) is 48.0 Å². The largest absolute Gasteiger partial charge is 0.508 e. The van der Waals surface area contributed by atoms with Crippen LogP contribution in [0.3, 0.4) is 0 Å².